The van der Waals surface area contributed by atoms with Gasteiger partial charge in [0.2, 0.25) is 0 Å². The molecule has 0 radical (unpaired) electrons. The molecule has 0 aliphatic carbocycles. The van der Waals surface area contributed by atoms with Crippen molar-refractivity contribution in [3.05, 3.63) is 35.9 Å². The zero-order chi connectivity index (χ0) is 5.82. The molecule has 9 heavy (non-hydrogen) atoms. The molecule has 0 spiro atoms. The van der Waals surface area contributed by atoms with Gasteiger partial charge in [-0.1, -0.05) is 42.5 Å². The second kappa shape index (κ2) is 4.53. The summed E-state index contributed by atoms with van der Waals surface area (Å²) in [5.74, 6) is 0. The fourth-order valence-electron chi connectivity index (χ4n) is 0.532. The topological polar surface area (TPSA) is 0 Å². The average molecular weight is 156 g/mol. The molecule has 1 aromatic carbocycles. The molecule has 1 rings (SSSR count). The molecule has 0 bridgehead atoms. The Bertz CT molecular complexity index is 170. The first-order valence-electron chi connectivity index (χ1n) is 2.44. The fourth-order valence-corrected chi connectivity index (χ4v) is 0.689. The second-order valence-electron chi connectivity index (χ2n) is 1.53. The lowest BCUT2D eigenvalue weighted by atomic mass is 10.2. The summed E-state index contributed by atoms with van der Waals surface area (Å²) in [5.41, 5.74) is 1.10. The molecule has 0 unspecified atom stereocenters. The van der Waals surface area contributed by atoms with Gasteiger partial charge in [0.05, 0.1) is 0 Å². The summed E-state index contributed by atoms with van der Waals surface area (Å²) in [6.45, 7) is 0. The molecule has 0 amide bonds. The van der Waals surface area contributed by atoms with Gasteiger partial charge in [-0.25, -0.2) is 0 Å². The summed E-state index contributed by atoms with van der Waals surface area (Å²) < 4.78 is 0. The van der Waals surface area contributed by atoms with E-state index < -0.39 is 0 Å². The molecule has 0 aliphatic rings. The van der Waals surface area contributed by atoms with Crippen molar-refractivity contribution in [3.63, 3.8) is 0 Å². The molecule has 0 N–H and O–H groups in total. The van der Waals surface area contributed by atoms with E-state index in [4.69, 9.17) is 12.2 Å². The van der Waals surface area contributed by atoms with Crippen LogP contribution >= 0.6 is 25.7 Å². The van der Waals surface area contributed by atoms with Gasteiger partial charge in [-0.15, -0.1) is 0 Å². The second-order valence-corrected chi connectivity index (χ2v) is 1.76. The lowest BCUT2D eigenvalue weighted by molar-refractivity contribution is 1.69. The largest absolute Gasteiger partial charge is 0.197 e. The van der Waals surface area contributed by atoms with Gasteiger partial charge < -0.3 is 0 Å². The van der Waals surface area contributed by atoms with Crippen LogP contribution in [0.3, 0.4) is 0 Å². The van der Waals surface area contributed by atoms with E-state index in [0.29, 0.717) is 0 Å². The van der Waals surface area contributed by atoms with Crippen molar-refractivity contribution in [1.29, 1.82) is 0 Å². The SMILES string of the molecule is S.S=Cc1ccccc1. The van der Waals surface area contributed by atoms with Crippen LogP contribution in [-0.2, 0) is 0 Å². The van der Waals surface area contributed by atoms with E-state index in [2.05, 4.69) is 0 Å². The molecule has 0 nitrogen and oxygen atoms in total. The first kappa shape index (κ1) is 8.66. The van der Waals surface area contributed by atoms with E-state index in [1.165, 1.54) is 0 Å². The van der Waals surface area contributed by atoms with Crippen molar-refractivity contribution in [2.75, 3.05) is 0 Å². The number of thiocarbonyl (C=S) groups is 1. The third-order valence-corrected chi connectivity index (χ3v) is 1.21. The Morgan fingerprint density at radius 3 is 2.00 bits per heavy atom. The van der Waals surface area contributed by atoms with Crippen molar-refractivity contribution in [1.82, 2.24) is 0 Å². The predicted octanol–water partition coefficient (Wildman–Crippen LogP) is 2.15. The van der Waals surface area contributed by atoms with E-state index in [9.17, 15) is 0 Å². The quantitative estimate of drug-likeness (QED) is 0.561. The first-order valence-corrected chi connectivity index (χ1v) is 2.91. The molecular formula is C7H8S2. The molecule has 0 saturated carbocycles. The minimum atomic E-state index is 0. The third kappa shape index (κ3) is 2.63. The van der Waals surface area contributed by atoms with Crippen LogP contribution in [0, 0.1) is 0 Å². The summed E-state index contributed by atoms with van der Waals surface area (Å²) >= 11 is 4.69. The normalized spacial score (nSPS) is 7.56. The van der Waals surface area contributed by atoms with Crippen LogP contribution in [0.4, 0.5) is 0 Å². The van der Waals surface area contributed by atoms with Crippen LogP contribution in [-0.4, -0.2) is 5.37 Å². The lowest BCUT2D eigenvalue weighted by Gasteiger charge is -1.84. The highest BCUT2D eigenvalue weighted by atomic mass is 32.1. The van der Waals surface area contributed by atoms with Gasteiger partial charge >= 0.3 is 0 Å². The van der Waals surface area contributed by atoms with E-state index in [1.54, 1.807) is 5.37 Å². The van der Waals surface area contributed by atoms with Gasteiger partial charge in [-0.05, 0) is 5.56 Å². The number of hydrogen-bond donors (Lipinski definition) is 0. The molecule has 0 heterocycles. The minimum Gasteiger partial charge on any atom is -0.197 e. The zero-order valence-corrected chi connectivity index (χ0v) is 6.69. The van der Waals surface area contributed by atoms with Crippen LogP contribution in [0.25, 0.3) is 0 Å². The van der Waals surface area contributed by atoms with Gasteiger partial charge in [0.1, 0.15) is 0 Å². The predicted molar refractivity (Wildman–Crippen MR) is 49.6 cm³/mol. The van der Waals surface area contributed by atoms with Gasteiger partial charge in [-0.3, -0.25) is 0 Å². The van der Waals surface area contributed by atoms with E-state index in [1.807, 2.05) is 30.3 Å². The summed E-state index contributed by atoms with van der Waals surface area (Å²) in [5, 5.41) is 1.67. The number of benzene rings is 1. The standard InChI is InChI=1S/C7H6S.H2S/c8-6-7-4-2-1-3-5-7;/h1-6H;1H2. The highest BCUT2D eigenvalue weighted by Gasteiger charge is 1.77. The smallest absolute Gasteiger partial charge is 0.00861 e. The maximum Gasteiger partial charge on any atom is 0.00861 e. The van der Waals surface area contributed by atoms with E-state index in [-0.39, 0.29) is 13.5 Å². The number of rotatable bonds is 1. The van der Waals surface area contributed by atoms with Gasteiger partial charge in [-0.2, -0.15) is 13.5 Å². The van der Waals surface area contributed by atoms with Gasteiger partial charge in [0.15, 0.2) is 0 Å². The Morgan fingerprint density at radius 2 is 1.67 bits per heavy atom. The van der Waals surface area contributed by atoms with E-state index >= 15 is 0 Å². The highest BCUT2D eigenvalue weighted by molar-refractivity contribution is 7.79. The molecule has 0 aromatic heterocycles. The Morgan fingerprint density at radius 1 is 1.11 bits per heavy atom. The van der Waals surface area contributed by atoms with Crippen molar-refractivity contribution in [2.24, 2.45) is 0 Å². The summed E-state index contributed by atoms with van der Waals surface area (Å²) in [7, 11) is 0. The highest BCUT2D eigenvalue weighted by Crippen LogP contribution is 1.92. The monoisotopic (exact) mass is 156 g/mol. The number of hydrogen-bond acceptors (Lipinski definition) is 1. The summed E-state index contributed by atoms with van der Waals surface area (Å²) in [6, 6.07) is 9.87. The Labute approximate surface area is 67.3 Å². The van der Waals surface area contributed by atoms with Crippen molar-refractivity contribution in [3.8, 4) is 0 Å². The lowest BCUT2D eigenvalue weighted by Crippen LogP contribution is -1.71. The Balaban J connectivity index is 0.000000640. The Kier molecular flexibility index (Phi) is 4.36. The Hall–Kier alpha value is -0.340. The third-order valence-electron chi connectivity index (χ3n) is 0.936. The van der Waals surface area contributed by atoms with Crippen LogP contribution in [0.5, 0.6) is 0 Å². The molecule has 48 valence electrons. The zero-order valence-electron chi connectivity index (χ0n) is 4.87. The fraction of sp³-hybridized carbons (Fsp3) is 0. The minimum absolute atomic E-state index is 0. The molecule has 0 aliphatic heterocycles. The van der Waals surface area contributed by atoms with Crippen LogP contribution in [0.2, 0.25) is 0 Å². The molecule has 2 heteroatoms. The molecule has 0 saturated heterocycles. The maximum atomic E-state index is 4.69. The van der Waals surface area contributed by atoms with Crippen molar-refractivity contribution < 1.29 is 0 Å². The summed E-state index contributed by atoms with van der Waals surface area (Å²) in [4.78, 5) is 0. The molecule has 0 fully saturated rings. The van der Waals surface area contributed by atoms with Crippen LogP contribution < -0.4 is 0 Å². The average Bonchev–Trinajstić information content (AvgIpc) is 1.90. The van der Waals surface area contributed by atoms with Crippen LogP contribution in [0.15, 0.2) is 30.3 Å². The molecule has 1 aromatic rings. The van der Waals surface area contributed by atoms with Gasteiger partial charge in [0.25, 0.3) is 0 Å². The summed E-state index contributed by atoms with van der Waals surface area (Å²) in [6.07, 6.45) is 0. The van der Waals surface area contributed by atoms with E-state index in [0.717, 1.165) is 5.56 Å². The maximum absolute atomic E-state index is 4.69. The molecular weight excluding hydrogens is 148 g/mol. The van der Waals surface area contributed by atoms with Crippen molar-refractivity contribution in [2.45, 2.75) is 0 Å². The van der Waals surface area contributed by atoms with Crippen molar-refractivity contribution >= 4 is 31.1 Å². The first-order chi connectivity index (χ1) is 3.93. The molecule has 0 atom stereocenters. The van der Waals surface area contributed by atoms with Gasteiger partial charge in [0, 0.05) is 5.37 Å². The van der Waals surface area contributed by atoms with Crippen LogP contribution in [0.1, 0.15) is 5.56 Å².